The van der Waals surface area contributed by atoms with Crippen molar-refractivity contribution in [2.24, 2.45) is 5.92 Å². The SMILES string of the molecule is COC(=O)[C@@H](NCc1ccc(F)c(C(F)(F)F)c1)C(C)C. The maximum absolute atomic E-state index is 13.2. The van der Waals surface area contributed by atoms with Crippen LogP contribution in [0, 0.1) is 11.7 Å². The van der Waals surface area contributed by atoms with E-state index in [2.05, 4.69) is 10.1 Å². The normalized spacial score (nSPS) is 13.3. The molecular weight excluding hydrogens is 290 g/mol. The molecule has 0 aromatic heterocycles. The number of hydrogen-bond acceptors (Lipinski definition) is 3. The summed E-state index contributed by atoms with van der Waals surface area (Å²) in [5, 5.41) is 2.82. The monoisotopic (exact) mass is 307 g/mol. The average molecular weight is 307 g/mol. The number of halogens is 4. The molecule has 0 amide bonds. The van der Waals surface area contributed by atoms with Gasteiger partial charge in [0.1, 0.15) is 11.9 Å². The van der Waals surface area contributed by atoms with Gasteiger partial charge in [-0.3, -0.25) is 4.79 Å². The fraction of sp³-hybridized carbons (Fsp3) is 0.500. The third kappa shape index (κ3) is 4.70. The van der Waals surface area contributed by atoms with Crippen LogP contribution in [0.15, 0.2) is 18.2 Å². The molecule has 1 aromatic rings. The molecular formula is C14H17F4NO2. The Bertz CT molecular complexity index is 500. The maximum atomic E-state index is 13.2. The van der Waals surface area contributed by atoms with Crippen LogP contribution in [-0.4, -0.2) is 19.1 Å². The number of alkyl halides is 3. The fourth-order valence-electron chi connectivity index (χ4n) is 1.85. The second kappa shape index (κ2) is 6.89. The van der Waals surface area contributed by atoms with Gasteiger partial charge in [0.05, 0.1) is 12.7 Å². The Morgan fingerprint density at radius 1 is 1.33 bits per heavy atom. The molecule has 0 heterocycles. The minimum absolute atomic E-state index is 0.00130. The van der Waals surface area contributed by atoms with Crippen molar-refractivity contribution in [3.8, 4) is 0 Å². The third-order valence-electron chi connectivity index (χ3n) is 2.98. The van der Waals surface area contributed by atoms with Crippen LogP contribution in [0.3, 0.4) is 0 Å². The van der Waals surface area contributed by atoms with Crippen molar-refractivity contribution in [3.05, 3.63) is 35.1 Å². The Labute approximate surface area is 120 Å². The molecule has 0 fully saturated rings. The molecule has 0 saturated heterocycles. The van der Waals surface area contributed by atoms with Crippen LogP contribution in [0.1, 0.15) is 25.0 Å². The predicted octanol–water partition coefficient (Wildman–Crippen LogP) is 3.13. The second-order valence-corrected chi connectivity index (χ2v) is 4.94. The van der Waals surface area contributed by atoms with E-state index in [4.69, 9.17) is 0 Å². The summed E-state index contributed by atoms with van der Waals surface area (Å²) in [7, 11) is 1.24. The van der Waals surface area contributed by atoms with Crippen molar-refractivity contribution in [2.75, 3.05) is 7.11 Å². The van der Waals surface area contributed by atoms with Gasteiger partial charge in [-0.1, -0.05) is 19.9 Å². The molecule has 0 spiro atoms. The number of esters is 1. The van der Waals surface area contributed by atoms with Gasteiger partial charge in [-0.15, -0.1) is 0 Å². The van der Waals surface area contributed by atoms with Gasteiger partial charge in [0.15, 0.2) is 0 Å². The Morgan fingerprint density at radius 2 is 1.95 bits per heavy atom. The first-order chi connectivity index (χ1) is 9.66. The van der Waals surface area contributed by atoms with Gasteiger partial charge in [-0.25, -0.2) is 4.39 Å². The fourth-order valence-corrected chi connectivity index (χ4v) is 1.85. The van der Waals surface area contributed by atoms with Gasteiger partial charge in [0, 0.05) is 6.54 Å². The minimum atomic E-state index is -4.75. The Balaban J connectivity index is 2.87. The molecule has 0 bridgehead atoms. The molecule has 0 aliphatic heterocycles. The van der Waals surface area contributed by atoms with Crippen molar-refractivity contribution in [1.82, 2.24) is 5.32 Å². The first-order valence-electron chi connectivity index (χ1n) is 6.33. The van der Waals surface area contributed by atoms with E-state index in [-0.39, 0.29) is 18.0 Å². The van der Waals surface area contributed by atoms with Gasteiger partial charge < -0.3 is 10.1 Å². The largest absolute Gasteiger partial charge is 0.468 e. The van der Waals surface area contributed by atoms with Crippen molar-refractivity contribution < 1.29 is 27.1 Å². The predicted molar refractivity (Wildman–Crippen MR) is 68.9 cm³/mol. The summed E-state index contributed by atoms with van der Waals surface area (Å²) in [5.74, 6) is -1.91. The van der Waals surface area contributed by atoms with Crippen LogP contribution in [0.25, 0.3) is 0 Å². The summed E-state index contributed by atoms with van der Waals surface area (Å²) >= 11 is 0. The highest BCUT2D eigenvalue weighted by molar-refractivity contribution is 5.75. The van der Waals surface area contributed by atoms with E-state index >= 15 is 0 Å². The first kappa shape index (κ1) is 17.4. The summed E-state index contributed by atoms with van der Waals surface area (Å²) in [6.07, 6.45) is -4.75. The van der Waals surface area contributed by atoms with E-state index in [0.29, 0.717) is 0 Å². The lowest BCUT2D eigenvalue weighted by atomic mass is 10.0. The minimum Gasteiger partial charge on any atom is -0.468 e. The van der Waals surface area contributed by atoms with E-state index < -0.39 is 29.6 Å². The van der Waals surface area contributed by atoms with Gasteiger partial charge in [-0.05, 0) is 23.6 Å². The quantitative estimate of drug-likeness (QED) is 0.671. The van der Waals surface area contributed by atoms with Gasteiger partial charge in [0.2, 0.25) is 0 Å². The molecule has 0 unspecified atom stereocenters. The summed E-state index contributed by atoms with van der Waals surface area (Å²) in [6, 6.07) is 2.10. The van der Waals surface area contributed by atoms with Crippen LogP contribution >= 0.6 is 0 Å². The molecule has 0 saturated carbocycles. The highest BCUT2D eigenvalue weighted by Gasteiger charge is 2.34. The highest BCUT2D eigenvalue weighted by atomic mass is 19.4. The van der Waals surface area contributed by atoms with Crippen LogP contribution < -0.4 is 5.32 Å². The molecule has 1 atom stereocenters. The molecule has 3 nitrogen and oxygen atoms in total. The Morgan fingerprint density at radius 3 is 2.43 bits per heavy atom. The summed E-state index contributed by atoms with van der Waals surface area (Å²) < 4.78 is 55.6. The number of carbonyl (C=O) groups excluding carboxylic acids is 1. The van der Waals surface area contributed by atoms with Crippen LogP contribution in [0.4, 0.5) is 17.6 Å². The third-order valence-corrected chi connectivity index (χ3v) is 2.98. The van der Waals surface area contributed by atoms with E-state index in [9.17, 15) is 22.4 Å². The number of carbonyl (C=O) groups is 1. The standard InChI is InChI=1S/C14H17F4NO2/c1-8(2)12(13(20)21-3)19-7-9-4-5-11(15)10(6-9)14(16,17)18/h4-6,8,12,19H,7H2,1-3H3/t12-/m0/s1. The lowest BCUT2D eigenvalue weighted by Gasteiger charge is -2.20. The Hall–Kier alpha value is -1.63. The van der Waals surface area contributed by atoms with E-state index in [1.807, 2.05) is 0 Å². The molecule has 0 aliphatic rings. The lowest BCUT2D eigenvalue weighted by Crippen LogP contribution is -2.41. The smallest absolute Gasteiger partial charge is 0.419 e. The topological polar surface area (TPSA) is 38.3 Å². The van der Waals surface area contributed by atoms with Crippen molar-refractivity contribution in [2.45, 2.75) is 32.6 Å². The van der Waals surface area contributed by atoms with Crippen LogP contribution in [0.5, 0.6) is 0 Å². The number of hydrogen-bond donors (Lipinski definition) is 1. The number of rotatable bonds is 5. The lowest BCUT2D eigenvalue weighted by molar-refractivity contribution is -0.144. The highest BCUT2D eigenvalue weighted by Crippen LogP contribution is 2.31. The number of nitrogens with one attached hydrogen (secondary N) is 1. The van der Waals surface area contributed by atoms with Crippen LogP contribution in [-0.2, 0) is 22.3 Å². The molecule has 1 rings (SSSR count). The van der Waals surface area contributed by atoms with Crippen molar-refractivity contribution in [3.63, 3.8) is 0 Å². The average Bonchev–Trinajstić information content (AvgIpc) is 2.38. The van der Waals surface area contributed by atoms with Gasteiger partial charge >= 0.3 is 12.1 Å². The van der Waals surface area contributed by atoms with E-state index in [1.165, 1.54) is 13.2 Å². The summed E-state index contributed by atoms with van der Waals surface area (Å²) in [4.78, 5) is 11.5. The molecule has 7 heteroatoms. The van der Waals surface area contributed by atoms with Gasteiger partial charge in [0.25, 0.3) is 0 Å². The molecule has 0 aliphatic carbocycles. The first-order valence-corrected chi connectivity index (χ1v) is 6.33. The molecule has 1 aromatic carbocycles. The zero-order chi connectivity index (χ0) is 16.2. The zero-order valence-electron chi connectivity index (χ0n) is 11.9. The molecule has 1 N–H and O–H groups in total. The number of ether oxygens (including phenoxy) is 1. The van der Waals surface area contributed by atoms with Crippen molar-refractivity contribution in [1.29, 1.82) is 0 Å². The number of methoxy groups -OCH3 is 1. The summed E-state index contributed by atoms with van der Waals surface area (Å²) in [5.41, 5.74) is -1.08. The second-order valence-electron chi connectivity index (χ2n) is 4.94. The molecule has 0 radical (unpaired) electrons. The molecule has 118 valence electrons. The summed E-state index contributed by atoms with van der Waals surface area (Å²) in [6.45, 7) is 3.56. The van der Waals surface area contributed by atoms with E-state index in [1.54, 1.807) is 13.8 Å². The zero-order valence-corrected chi connectivity index (χ0v) is 11.9. The van der Waals surface area contributed by atoms with Crippen molar-refractivity contribution >= 4 is 5.97 Å². The Kier molecular flexibility index (Phi) is 5.71. The maximum Gasteiger partial charge on any atom is 0.419 e. The number of benzene rings is 1. The molecule has 21 heavy (non-hydrogen) atoms. The van der Waals surface area contributed by atoms with E-state index in [0.717, 1.165) is 12.1 Å². The van der Waals surface area contributed by atoms with Crippen LogP contribution in [0.2, 0.25) is 0 Å². The van der Waals surface area contributed by atoms with Gasteiger partial charge in [-0.2, -0.15) is 13.2 Å².